The minimum absolute atomic E-state index is 0.0280. The molecule has 1 aliphatic rings. The Balaban J connectivity index is 2.08. The van der Waals surface area contributed by atoms with Crippen LogP contribution in [-0.2, 0) is 4.79 Å². The van der Waals surface area contributed by atoms with Gasteiger partial charge in [0.15, 0.2) is 5.78 Å². The number of nitrogens with one attached hydrogen (secondary N) is 1. The molecule has 1 amide bonds. The zero-order chi connectivity index (χ0) is 13.1. The highest BCUT2D eigenvalue weighted by atomic mass is 35.5. The van der Waals surface area contributed by atoms with Gasteiger partial charge in [0.25, 0.3) is 5.91 Å². The summed E-state index contributed by atoms with van der Waals surface area (Å²) in [7, 11) is 0. The van der Waals surface area contributed by atoms with Crippen LogP contribution in [0.15, 0.2) is 29.3 Å². The van der Waals surface area contributed by atoms with Crippen molar-refractivity contribution in [3.8, 4) is 0 Å². The predicted molar refractivity (Wildman–Crippen MR) is 70.3 cm³/mol. The zero-order valence-electron chi connectivity index (χ0n) is 9.94. The highest BCUT2D eigenvalue weighted by molar-refractivity contribution is 6.43. The number of Topliss-reactive ketones (excluding diaryl/α,β-unsaturated/α-hetero) is 1. The minimum atomic E-state index is -0.254. The highest BCUT2D eigenvalue weighted by Crippen LogP contribution is 2.12. The highest BCUT2D eigenvalue weighted by Gasteiger charge is 2.21. The molecule has 1 unspecified atom stereocenters. The number of hydrogen-bond donors (Lipinski definition) is 1. The summed E-state index contributed by atoms with van der Waals surface area (Å²) < 4.78 is 0. The van der Waals surface area contributed by atoms with Crippen molar-refractivity contribution in [1.29, 1.82) is 0 Å². The van der Waals surface area contributed by atoms with Gasteiger partial charge in [0.2, 0.25) is 0 Å². The molecule has 0 saturated carbocycles. The molecule has 5 heteroatoms. The Morgan fingerprint density at radius 1 is 1.44 bits per heavy atom. The monoisotopic (exact) mass is 264 g/mol. The third-order valence-electron chi connectivity index (χ3n) is 2.69. The number of ketones is 1. The topological polar surface area (TPSA) is 58.5 Å². The van der Waals surface area contributed by atoms with Crippen LogP contribution in [-0.4, -0.2) is 30.0 Å². The van der Waals surface area contributed by atoms with Crippen LogP contribution < -0.4 is 5.32 Å². The molecule has 1 heterocycles. The van der Waals surface area contributed by atoms with Gasteiger partial charge in [-0.2, -0.15) is 0 Å². The fourth-order valence-electron chi connectivity index (χ4n) is 1.70. The molecule has 0 saturated heterocycles. The van der Waals surface area contributed by atoms with E-state index < -0.39 is 0 Å². The van der Waals surface area contributed by atoms with E-state index in [2.05, 4.69) is 10.3 Å². The first-order valence-electron chi connectivity index (χ1n) is 5.69. The first-order valence-corrected chi connectivity index (χ1v) is 6.07. The second kappa shape index (κ2) is 5.31. The molecular weight excluding hydrogens is 252 g/mol. The summed E-state index contributed by atoms with van der Waals surface area (Å²) in [4.78, 5) is 27.7. The molecule has 0 radical (unpaired) electrons. The SMILES string of the molecule is CC1CN=C(CC(=O)c2ccc(Cl)cc2)C(=O)N1. The van der Waals surface area contributed by atoms with Crippen LogP contribution in [0.4, 0.5) is 0 Å². The maximum Gasteiger partial charge on any atom is 0.265 e. The molecule has 1 atom stereocenters. The Bertz CT molecular complexity index is 508. The molecule has 18 heavy (non-hydrogen) atoms. The Morgan fingerprint density at radius 3 is 2.72 bits per heavy atom. The maximum absolute atomic E-state index is 11.9. The number of carbonyl (C=O) groups is 2. The largest absolute Gasteiger partial charge is 0.347 e. The van der Waals surface area contributed by atoms with Crippen LogP contribution in [0.5, 0.6) is 0 Å². The average molecular weight is 265 g/mol. The minimum Gasteiger partial charge on any atom is -0.347 e. The van der Waals surface area contributed by atoms with Crippen molar-refractivity contribution < 1.29 is 9.59 Å². The molecule has 0 aliphatic carbocycles. The van der Waals surface area contributed by atoms with E-state index in [1.807, 2.05) is 6.92 Å². The lowest BCUT2D eigenvalue weighted by molar-refractivity contribution is -0.115. The third-order valence-corrected chi connectivity index (χ3v) is 2.94. The fourth-order valence-corrected chi connectivity index (χ4v) is 1.82. The maximum atomic E-state index is 11.9. The lowest BCUT2D eigenvalue weighted by Gasteiger charge is -2.18. The van der Waals surface area contributed by atoms with Gasteiger partial charge in [-0.25, -0.2) is 0 Å². The van der Waals surface area contributed by atoms with Gasteiger partial charge in [0.05, 0.1) is 13.0 Å². The number of rotatable bonds is 3. The molecular formula is C13H13ClN2O2. The number of halogens is 1. The number of carbonyl (C=O) groups excluding carboxylic acids is 2. The Hall–Kier alpha value is -1.68. The van der Waals surface area contributed by atoms with Gasteiger partial charge in [-0.15, -0.1) is 0 Å². The molecule has 0 fully saturated rings. The number of benzene rings is 1. The van der Waals surface area contributed by atoms with Gasteiger partial charge in [-0.05, 0) is 31.2 Å². The molecule has 0 bridgehead atoms. The summed E-state index contributed by atoms with van der Waals surface area (Å²) in [6, 6.07) is 6.63. The van der Waals surface area contributed by atoms with E-state index in [0.717, 1.165) is 0 Å². The second-order valence-corrected chi connectivity index (χ2v) is 4.71. The van der Waals surface area contributed by atoms with E-state index >= 15 is 0 Å². The van der Waals surface area contributed by atoms with Gasteiger partial charge in [-0.3, -0.25) is 14.6 Å². The van der Waals surface area contributed by atoms with E-state index in [4.69, 9.17) is 11.6 Å². The number of nitrogens with zero attached hydrogens (tertiary/aromatic N) is 1. The van der Waals surface area contributed by atoms with E-state index in [0.29, 0.717) is 22.8 Å². The summed E-state index contributed by atoms with van der Waals surface area (Å²) in [5.41, 5.74) is 0.835. The van der Waals surface area contributed by atoms with E-state index in [-0.39, 0.29) is 24.2 Å². The first-order chi connectivity index (χ1) is 8.56. The van der Waals surface area contributed by atoms with Crippen molar-refractivity contribution in [2.75, 3.05) is 6.54 Å². The zero-order valence-corrected chi connectivity index (χ0v) is 10.7. The van der Waals surface area contributed by atoms with Gasteiger partial charge >= 0.3 is 0 Å². The molecule has 0 aromatic heterocycles. The fraction of sp³-hybridized carbons (Fsp3) is 0.308. The Labute approximate surface area is 110 Å². The molecule has 1 aromatic rings. The molecule has 0 spiro atoms. The summed E-state index contributed by atoms with van der Waals surface area (Å²) >= 11 is 5.75. The van der Waals surface area contributed by atoms with Crippen molar-refractivity contribution in [2.45, 2.75) is 19.4 Å². The van der Waals surface area contributed by atoms with Crippen LogP contribution in [0, 0.1) is 0 Å². The van der Waals surface area contributed by atoms with Crippen molar-refractivity contribution in [1.82, 2.24) is 5.32 Å². The molecule has 1 aromatic carbocycles. The van der Waals surface area contributed by atoms with Gasteiger partial charge in [-0.1, -0.05) is 11.6 Å². The van der Waals surface area contributed by atoms with Crippen molar-refractivity contribution in [3.05, 3.63) is 34.9 Å². The quantitative estimate of drug-likeness (QED) is 0.848. The van der Waals surface area contributed by atoms with Gasteiger partial charge in [0, 0.05) is 16.6 Å². The van der Waals surface area contributed by atoms with Crippen molar-refractivity contribution >= 4 is 29.0 Å². The Kier molecular flexibility index (Phi) is 3.77. The third kappa shape index (κ3) is 2.96. The van der Waals surface area contributed by atoms with Gasteiger partial charge in [0.1, 0.15) is 5.71 Å². The number of amides is 1. The molecule has 2 rings (SSSR count). The van der Waals surface area contributed by atoms with Crippen LogP contribution in [0.1, 0.15) is 23.7 Å². The van der Waals surface area contributed by atoms with E-state index in [1.54, 1.807) is 24.3 Å². The first kappa shape index (κ1) is 12.8. The predicted octanol–water partition coefficient (Wildman–Crippen LogP) is 1.87. The van der Waals surface area contributed by atoms with Crippen LogP contribution in [0.3, 0.4) is 0 Å². The summed E-state index contributed by atoms with van der Waals surface area (Å²) in [6.45, 7) is 2.40. The van der Waals surface area contributed by atoms with Gasteiger partial charge < -0.3 is 5.32 Å². The number of hydrogen-bond acceptors (Lipinski definition) is 3. The lowest BCUT2D eigenvalue weighted by Crippen LogP contribution is -2.44. The summed E-state index contributed by atoms with van der Waals surface area (Å²) in [5, 5.41) is 3.33. The van der Waals surface area contributed by atoms with E-state index in [9.17, 15) is 9.59 Å². The molecule has 94 valence electrons. The normalized spacial score (nSPS) is 19.1. The molecule has 1 aliphatic heterocycles. The second-order valence-electron chi connectivity index (χ2n) is 4.27. The standard InChI is InChI=1S/C13H13ClN2O2/c1-8-7-15-11(13(18)16-8)6-12(17)9-2-4-10(14)5-3-9/h2-5,8H,6-7H2,1H3,(H,16,18). The Morgan fingerprint density at radius 2 is 2.11 bits per heavy atom. The van der Waals surface area contributed by atoms with Crippen LogP contribution >= 0.6 is 11.6 Å². The summed E-state index contributed by atoms with van der Waals surface area (Å²) in [5.74, 6) is -0.383. The molecule has 4 nitrogen and oxygen atoms in total. The number of aliphatic imine (C=N–C) groups is 1. The smallest absolute Gasteiger partial charge is 0.265 e. The van der Waals surface area contributed by atoms with Crippen LogP contribution in [0.25, 0.3) is 0 Å². The van der Waals surface area contributed by atoms with E-state index in [1.165, 1.54) is 0 Å². The molecule has 1 N–H and O–H groups in total. The van der Waals surface area contributed by atoms with Crippen LogP contribution in [0.2, 0.25) is 5.02 Å². The summed E-state index contributed by atoms with van der Waals surface area (Å²) in [6.07, 6.45) is 0.0280. The average Bonchev–Trinajstić information content (AvgIpc) is 2.33. The van der Waals surface area contributed by atoms with Crippen molar-refractivity contribution in [3.63, 3.8) is 0 Å². The van der Waals surface area contributed by atoms with Crippen molar-refractivity contribution in [2.24, 2.45) is 4.99 Å². The lowest BCUT2D eigenvalue weighted by atomic mass is 10.0.